The molecule has 2 saturated carbocycles. The topological polar surface area (TPSA) is 48.1 Å². The van der Waals surface area contributed by atoms with Gasteiger partial charge < -0.3 is 21.3 Å². The Kier molecular flexibility index (Phi) is 13.2. The van der Waals surface area contributed by atoms with Crippen LogP contribution in [-0.2, 0) is 26.2 Å². The van der Waals surface area contributed by atoms with Crippen molar-refractivity contribution in [2.45, 2.75) is 102 Å². The van der Waals surface area contributed by atoms with E-state index < -0.39 is 15.8 Å². The smallest absolute Gasteiger partial charge is 0.0224 e. The molecule has 296 valence electrons. The van der Waals surface area contributed by atoms with Crippen molar-refractivity contribution in [3.05, 3.63) is 180 Å². The summed E-state index contributed by atoms with van der Waals surface area (Å²) in [5.41, 5.74) is 5.67. The van der Waals surface area contributed by atoms with Gasteiger partial charge in [-0.1, -0.05) is 183 Å². The first-order chi connectivity index (χ1) is 28.8. The molecule has 6 heteroatoms. The van der Waals surface area contributed by atoms with E-state index in [1.165, 1.54) is 105 Å². The van der Waals surface area contributed by atoms with Crippen LogP contribution in [0.4, 0.5) is 0 Å². The zero-order valence-corrected chi connectivity index (χ0v) is 35.5. The van der Waals surface area contributed by atoms with Crippen molar-refractivity contribution in [1.29, 1.82) is 0 Å². The maximum atomic E-state index is 4.15. The van der Waals surface area contributed by atoms with Crippen LogP contribution in [0.5, 0.6) is 0 Å². The van der Waals surface area contributed by atoms with Gasteiger partial charge in [-0.25, -0.2) is 0 Å². The summed E-state index contributed by atoms with van der Waals surface area (Å²) in [6.07, 6.45) is 9.89. The van der Waals surface area contributed by atoms with Crippen LogP contribution in [0.2, 0.25) is 0 Å². The Hall–Kier alpha value is -3.98. The number of rotatable bonds is 2. The lowest BCUT2D eigenvalue weighted by Gasteiger charge is -2.35. The van der Waals surface area contributed by atoms with Crippen LogP contribution in [0.15, 0.2) is 158 Å². The van der Waals surface area contributed by atoms with Crippen LogP contribution >= 0.6 is 15.8 Å². The molecule has 1 heterocycles. The highest BCUT2D eigenvalue weighted by Crippen LogP contribution is 2.37. The van der Waals surface area contributed by atoms with Crippen molar-refractivity contribution >= 4 is 47.7 Å². The zero-order valence-electron chi connectivity index (χ0n) is 33.7. The van der Waals surface area contributed by atoms with Gasteiger partial charge in [0.25, 0.3) is 0 Å². The second kappa shape index (κ2) is 19.4. The molecule has 6 aromatic carbocycles. The Morgan fingerprint density at radius 1 is 0.293 bits per heavy atom. The van der Waals surface area contributed by atoms with Gasteiger partial charge >= 0.3 is 0 Å². The highest BCUT2D eigenvalue weighted by atomic mass is 31.1. The summed E-state index contributed by atoms with van der Waals surface area (Å²) >= 11 is 0. The second-order valence-electron chi connectivity index (χ2n) is 16.4. The van der Waals surface area contributed by atoms with Gasteiger partial charge in [-0.2, -0.15) is 0 Å². The molecular formula is C52H58N4P2. The number of hydrogen-bond donors (Lipinski definition) is 4. The molecule has 0 amide bonds. The summed E-state index contributed by atoms with van der Waals surface area (Å²) in [6.45, 7) is 3.47. The highest BCUT2D eigenvalue weighted by Gasteiger charge is 2.30. The number of benzene rings is 6. The first kappa shape index (κ1) is 39.5. The minimum Gasteiger partial charge on any atom is -0.308 e. The van der Waals surface area contributed by atoms with E-state index in [1.54, 1.807) is 0 Å². The van der Waals surface area contributed by atoms with Gasteiger partial charge in [-0.05, 0) is 95.6 Å². The van der Waals surface area contributed by atoms with Gasteiger partial charge in [0.1, 0.15) is 0 Å². The molecule has 4 atom stereocenters. The average Bonchev–Trinajstić information content (AvgIpc) is 3.29. The maximum absolute atomic E-state index is 4.15. The van der Waals surface area contributed by atoms with Gasteiger partial charge in [-0.3, -0.25) is 0 Å². The number of nitrogens with one attached hydrogen (secondary N) is 4. The van der Waals surface area contributed by atoms with Gasteiger partial charge in [-0.15, -0.1) is 0 Å². The summed E-state index contributed by atoms with van der Waals surface area (Å²) in [7, 11) is -1.54. The van der Waals surface area contributed by atoms with E-state index in [0.29, 0.717) is 24.2 Å². The summed E-state index contributed by atoms with van der Waals surface area (Å²) in [4.78, 5) is 0. The molecular weight excluding hydrogens is 743 g/mol. The predicted molar refractivity (Wildman–Crippen MR) is 250 cm³/mol. The standard InChI is InChI=1S/C52H58N4P2/c1-3-23-43(24-4-1)57-49-31-15-7-19-39(49)35-53-45-27-11-13-29-47(45)55-37-41-21-9-17-33-51(41)58(44-25-5-2-6-26-44)52-34-18-10-22-42(52)38-56-48-30-14-12-28-46(48)54-36-40-20-8-16-32-50(40)57/h1-10,15-26,31-34,45-48,53-56H,11-14,27-30,35-38H2/t45-,46-,47-,48-,57?,58?/m1/s1. The summed E-state index contributed by atoms with van der Waals surface area (Å²) in [5.74, 6) is 0. The van der Waals surface area contributed by atoms with Crippen molar-refractivity contribution in [1.82, 2.24) is 21.3 Å². The van der Waals surface area contributed by atoms with Crippen molar-refractivity contribution in [3.8, 4) is 0 Å². The van der Waals surface area contributed by atoms with Gasteiger partial charge in [0.15, 0.2) is 0 Å². The third kappa shape index (κ3) is 9.09. The molecule has 0 saturated heterocycles. The summed E-state index contributed by atoms with van der Waals surface area (Å²) in [5, 5.41) is 25.3. The van der Waals surface area contributed by atoms with Crippen LogP contribution in [0.1, 0.15) is 73.6 Å². The molecule has 6 aromatic rings. The third-order valence-corrected chi connectivity index (χ3v) is 18.0. The lowest BCUT2D eigenvalue weighted by atomic mass is 9.90. The maximum Gasteiger partial charge on any atom is 0.0224 e. The molecule has 0 radical (unpaired) electrons. The first-order valence-electron chi connectivity index (χ1n) is 21.8. The van der Waals surface area contributed by atoms with Gasteiger partial charge in [0, 0.05) is 50.3 Å². The van der Waals surface area contributed by atoms with Crippen LogP contribution < -0.4 is 53.1 Å². The van der Waals surface area contributed by atoms with E-state index in [1.807, 2.05) is 0 Å². The first-order valence-corrected chi connectivity index (χ1v) is 24.4. The van der Waals surface area contributed by atoms with E-state index in [0.717, 1.165) is 26.2 Å². The molecule has 0 unspecified atom stereocenters. The Balaban J connectivity index is 1.12. The molecule has 58 heavy (non-hydrogen) atoms. The Bertz CT molecular complexity index is 1950. The van der Waals surface area contributed by atoms with Crippen molar-refractivity contribution in [2.75, 3.05) is 0 Å². The molecule has 2 aliphatic carbocycles. The fraction of sp³-hybridized carbons (Fsp3) is 0.308. The lowest BCUT2D eigenvalue weighted by molar-refractivity contribution is 0.281. The normalized spacial score (nSPS) is 24.5. The Labute approximate surface area is 349 Å². The molecule has 3 aliphatic rings. The predicted octanol–water partition coefficient (Wildman–Crippen LogP) is 7.90. The molecule has 0 aromatic heterocycles. The molecule has 0 spiro atoms. The average molecular weight is 801 g/mol. The zero-order chi connectivity index (χ0) is 38.9. The SMILES string of the molecule is c1ccc(P2c3ccccc3CN[C@@H]3CCCC[C@H]3NCc3ccccc3P(c3ccccc3)c3ccccc3CN[C@@H]3CCCC[C@H]3NCc3ccccc32)cc1. The van der Waals surface area contributed by atoms with Crippen LogP contribution in [0.25, 0.3) is 0 Å². The molecule has 9 rings (SSSR count). The van der Waals surface area contributed by atoms with Crippen molar-refractivity contribution < 1.29 is 0 Å². The lowest BCUT2D eigenvalue weighted by Crippen LogP contribution is -2.50. The second-order valence-corrected chi connectivity index (χ2v) is 20.7. The van der Waals surface area contributed by atoms with Crippen LogP contribution in [0.3, 0.4) is 0 Å². The van der Waals surface area contributed by atoms with Crippen LogP contribution in [0, 0.1) is 0 Å². The number of fused-ring (bicyclic) bond motifs is 6. The summed E-state index contributed by atoms with van der Waals surface area (Å²) in [6, 6.07) is 61.4. The van der Waals surface area contributed by atoms with E-state index in [9.17, 15) is 0 Å². The largest absolute Gasteiger partial charge is 0.308 e. The van der Waals surface area contributed by atoms with E-state index in [-0.39, 0.29) is 0 Å². The van der Waals surface area contributed by atoms with E-state index in [4.69, 9.17) is 0 Å². The number of hydrogen-bond acceptors (Lipinski definition) is 4. The van der Waals surface area contributed by atoms with Gasteiger partial charge in [0.2, 0.25) is 0 Å². The fourth-order valence-corrected chi connectivity index (χ4v) is 15.0. The Morgan fingerprint density at radius 3 is 0.810 bits per heavy atom. The van der Waals surface area contributed by atoms with Crippen molar-refractivity contribution in [3.63, 3.8) is 0 Å². The van der Waals surface area contributed by atoms with Crippen molar-refractivity contribution in [2.24, 2.45) is 0 Å². The quantitative estimate of drug-likeness (QED) is 0.135. The highest BCUT2D eigenvalue weighted by molar-refractivity contribution is 7.80. The molecule has 0 bridgehead atoms. The van der Waals surface area contributed by atoms with E-state index in [2.05, 4.69) is 179 Å². The third-order valence-electron chi connectivity index (χ3n) is 12.7. The fourth-order valence-electron chi connectivity index (χ4n) is 9.69. The van der Waals surface area contributed by atoms with Gasteiger partial charge in [0.05, 0.1) is 0 Å². The summed E-state index contributed by atoms with van der Waals surface area (Å²) < 4.78 is 0. The molecule has 2 fully saturated rings. The van der Waals surface area contributed by atoms with Crippen LogP contribution in [-0.4, -0.2) is 24.2 Å². The monoisotopic (exact) mass is 800 g/mol. The van der Waals surface area contributed by atoms with E-state index >= 15 is 0 Å². The minimum absolute atomic E-state index is 0.414. The molecule has 4 N–H and O–H groups in total. The Morgan fingerprint density at radius 2 is 0.534 bits per heavy atom. The molecule has 4 nitrogen and oxygen atoms in total. The minimum atomic E-state index is -0.772. The molecule has 1 aliphatic heterocycles.